The van der Waals surface area contributed by atoms with Crippen LogP contribution < -0.4 is 5.32 Å². The molecule has 1 aromatic carbocycles. The molecule has 1 aromatic heterocycles. The van der Waals surface area contributed by atoms with Crippen LogP contribution in [0.4, 0.5) is 0 Å². The Bertz CT molecular complexity index is 498. The van der Waals surface area contributed by atoms with Gasteiger partial charge in [0.15, 0.2) is 12.2 Å². The van der Waals surface area contributed by atoms with Gasteiger partial charge in [-0.1, -0.05) is 27.5 Å². The van der Waals surface area contributed by atoms with Crippen LogP contribution in [-0.2, 0) is 6.54 Å². The number of rotatable bonds is 3. The zero-order valence-electron chi connectivity index (χ0n) is 8.63. The summed E-state index contributed by atoms with van der Waals surface area (Å²) in [6.07, 6.45) is 1.43. The number of oxazole rings is 1. The summed E-state index contributed by atoms with van der Waals surface area (Å²) in [5.74, 6) is 0.709. The second kappa shape index (κ2) is 4.99. The van der Waals surface area contributed by atoms with E-state index >= 15 is 0 Å². The van der Waals surface area contributed by atoms with Crippen LogP contribution in [0.1, 0.15) is 5.69 Å². The summed E-state index contributed by atoms with van der Waals surface area (Å²) < 4.78 is 6.34. The highest BCUT2D eigenvalue weighted by molar-refractivity contribution is 9.10. The van der Waals surface area contributed by atoms with Gasteiger partial charge in [-0.25, -0.2) is 4.98 Å². The first-order valence-corrected chi connectivity index (χ1v) is 5.92. The predicted octanol–water partition coefficient (Wildman–Crippen LogP) is 3.48. The monoisotopic (exact) mass is 300 g/mol. The Balaban J connectivity index is 2.49. The first-order valence-electron chi connectivity index (χ1n) is 4.74. The number of nitrogens with zero attached hydrogens (tertiary/aromatic N) is 1. The highest BCUT2D eigenvalue weighted by Gasteiger charge is 2.13. The average molecular weight is 302 g/mol. The summed E-state index contributed by atoms with van der Waals surface area (Å²) in [5, 5.41) is 3.69. The summed E-state index contributed by atoms with van der Waals surface area (Å²) in [7, 11) is 1.86. The van der Waals surface area contributed by atoms with E-state index in [2.05, 4.69) is 26.2 Å². The van der Waals surface area contributed by atoms with E-state index in [4.69, 9.17) is 16.0 Å². The molecule has 0 aliphatic rings. The Labute approximate surface area is 107 Å². The van der Waals surface area contributed by atoms with E-state index in [0.717, 1.165) is 15.7 Å². The topological polar surface area (TPSA) is 38.1 Å². The molecule has 0 bridgehead atoms. The second-order valence-electron chi connectivity index (χ2n) is 3.28. The molecule has 2 aromatic rings. The molecule has 5 heteroatoms. The summed E-state index contributed by atoms with van der Waals surface area (Å²) in [6.45, 7) is 0.647. The summed E-state index contributed by atoms with van der Waals surface area (Å²) in [6, 6.07) is 5.63. The highest BCUT2D eigenvalue weighted by atomic mass is 79.9. The fourth-order valence-electron chi connectivity index (χ4n) is 1.45. The van der Waals surface area contributed by atoms with Crippen molar-refractivity contribution < 1.29 is 4.42 Å². The number of halogens is 2. The maximum Gasteiger partial charge on any atom is 0.181 e. The van der Waals surface area contributed by atoms with Crippen LogP contribution in [0.25, 0.3) is 11.3 Å². The summed E-state index contributed by atoms with van der Waals surface area (Å²) in [4.78, 5) is 4.15. The van der Waals surface area contributed by atoms with Gasteiger partial charge in [0.2, 0.25) is 0 Å². The molecule has 0 unspecified atom stereocenters. The van der Waals surface area contributed by atoms with Crippen molar-refractivity contribution in [2.45, 2.75) is 6.54 Å². The molecule has 3 nitrogen and oxygen atoms in total. The van der Waals surface area contributed by atoms with E-state index in [1.807, 2.05) is 25.2 Å². The Morgan fingerprint density at radius 2 is 2.31 bits per heavy atom. The maximum atomic E-state index is 6.13. The molecular formula is C11H10BrClN2O. The van der Waals surface area contributed by atoms with Crippen LogP contribution in [0, 0.1) is 0 Å². The second-order valence-corrected chi connectivity index (χ2v) is 4.61. The van der Waals surface area contributed by atoms with Gasteiger partial charge in [0.05, 0.1) is 5.02 Å². The predicted molar refractivity (Wildman–Crippen MR) is 67.4 cm³/mol. The van der Waals surface area contributed by atoms with Crippen molar-refractivity contribution in [2.75, 3.05) is 7.05 Å². The fourth-order valence-corrected chi connectivity index (χ4v) is 2.02. The lowest BCUT2D eigenvalue weighted by Crippen LogP contribution is -2.06. The van der Waals surface area contributed by atoms with Crippen LogP contribution in [0.5, 0.6) is 0 Å². The Kier molecular flexibility index (Phi) is 3.63. The Hall–Kier alpha value is -0.840. The summed E-state index contributed by atoms with van der Waals surface area (Å²) in [5.41, 5.74) is 1.70. The lowest BCUT2D eigenvalue weighted by Gasteiger charge is -2.03. The molecule has 0 amide bonds. The number of benzene rings is 1. The van der Waals surface area contributed by atoms with Gasteiger partial charge in [0.1, 0.15) is 5.69 Å². The average Bonchev–Trinajstić information content (AvgIpc) is 2.70. The third-order valence-electron chi connectivity index (χ3n) is 2.16. The molecule has 1 N–H and O–H groups in total. The summed E-state index contributed by atoms with van der Waals surface area (Å²) >= 11 is 9.54. The van der Waals surface area contributed by atoms with Crippen LogP contribution in [0.15, 0.2) is 33.5 Å². The number of aromatic nitrogens is 1. The van der Waals surface area contributed by atoms with Gasteiger partial charge in [-0.05, 0) is 25.2 Å². The molecule has 84 valence electrons. The van der Waals surface area contributed by atoms with Crippen molar-refractivity contribution in [3.63, 3.8) is 0 Å². The van der Waals surface area contributed by atoms with Gasteiger partial charge < -0.3 is 9.73 Å². The normalized spacial score (nSPS) is 10.7. The molecule has 0 fully saturated rings. The van der Waals surface area contributed by atoms with Gasteiger partial charge in [-0.3, -0.25) is 0 Å². The SMILES string of the molecule is CNCc1ncoc1-c1cc(Br)ccc1Cl. The fraction of sp³-hybridized carbons (Fsp3) is 0.182. The minimum Gasteiger partial charge on any atom is -0.443 e. The van der Waals surface area contributed by atoms with Crippen molar-refractivity contribution in [1.82, 2.24) is 10.3 Å². The molecule has 16 heavy (non-hydrogen) atoms. The molecular weight excluding hydrogens is 291 g/mol. The van der Waals surface area contributed by atoms with Crippen molar-refractivity contribution >= 4 is 27.5 Å². The first-order chi connectivity index (χ1) is 7.72. The van der Waals surface area contributed by atoms with E-state index in [0.29, 0.717) is 17.3 Å². The largest absolute Gasteiger partial charge is 0.443 e. The van der Waals surface area contributed by atoms with E-state index in [1.54, 1.807) is 0 Å². The molecule has 0 spiro atoms. The highest BCUT2D eigenvalue weighted by Crippen LogP contribution is 2.32. The third kappa shape index (κ3) is 2.29. The van der Waals surface area contributed by atoms with Gasteiger partial charge in [-0.15, -0.1) is 0 Å². The standard InChI is InChI=1S/C11H10BrClN2O/c1-14-5-10-11(16-6-15-10)8-4-7(12)2-3-9(8)13/h2-4,6,14H,5H2,1H3. The van der Waals surface area contributed by atoms with E-state index in [1.165, 1.54) is 6.39 Å². The van der Waals surface area contributed by atoms with Crippen molar-refractivity contribution in [1.29, 1.82) is 0 Å². The third-order valence-corrected chi connectivity index (χ3v) is 2.98. The smallest absolute Gasteiger partial charge is 0.181 e. The van der Waals surface area contributed by atoms with Crippen LogP contribution in [-0.4, -0.2) is 12.0 Å². The number of nitrogens with one attached hydrogen (secondary N) is 1. The molecule has 0 aliphatic carbocycles. The van der Waals surface area contributed by atoms with Gasteiger partial charge in [0.25, 0.3) is 0 Å². The van der Waals surface area contributed by atoms with E-state index in [9.17, 15) is 0 Å². The minimum atomic E-state index is 0.647. The Morgan fingerprint density at radius 3 is 3.06 bits per heavy atom. The van der Waals surface area contributed by atoms with Crippen LogP contribution >= 0.6 is 27.5 Å². The van der Waals surface area contributed by atoms with Gasteiger partial charge in [0, 0.05) is 16.6 Å². The van der Waals surface area contributed by atoms with Gasteiger partial charge >= 0.3 is 0 Å². The van der Waals surface area contributed by atoms with E-state index in [-0.39, 0.29) is 0 Å². The number of hydrogen-bond donors (Lipinski definition) is 1. The van der Waals surface area contributed by atoms with Crippen molar-refractivity contribution in [2.24, 2.45) is 0 Å². The molecule has 0 radical (unpaired) electrons. The minimum absolute atomic E-state index is 0.647. The quantitative estimate of drug-likeness (QED) is 0.943. The molecule has 0 saturated heterocycles. The van der Waals surface area contributed by atoms with Crippen molar-refractivity contribution in [3.8, 4) is 11.3 Å². The molecule has 0 atom stereocenters. The van der Waals surface area contributed by atoms with Crippen LogP contribution in [0.3, 0.4) is 0 Å². The van der Waals surface area contributed by atoms with Gasteiger partial charge in [-0.2, -0.15) is 0 Å². The lowest BCUT2D eigenvalue weighted by atomic mass is 10.1. The zero-order valence-corrected chi connectivity index (χ0v) is 11.0. The lowest BCUT2D eigenvalue weighted by molar-refractivity contribution is 0.570. The van der Waals surface area contributed by atoms with Crippen molar-refractivity contribution in [3.05, 3.63) is 39.8 Å². The first kappa shape index (κ1) is 11.6. The van der Waals surface area contributed by atoms with E-state index < -0.39 is 0 Å². The molecule has 0 aliphatic heterocycles. The maximum absolute atomic E-state index is 6.13. The molecule has 0 saturated carbocycles. The molecule has 1 heterocycles. The molecule has 2 rings (SSSR count). The number of hydrogen-bond acceptors (Lipinski definition) is 3. The zero-order chi connectivity index (χ0) is 11.5. The Morgan fingerprint density at radius 1 is 1.50 bits per heavy atom. The van der Waals surface area contributed by atoms with Crippen LogP contribution in [0.2, 0.25) is 5.02 Å².